The van der Waals surface area contributed by atoms with Crippen molar-refractivity contribution < 1.29 is 4.74 Å². The smallest absolute Gasteiger partial charge is 0.176 e. The molecule has 1 unspecified atom stereocenters. The second kappa shape index (κ2) is 5.27. The van der Waals surface area contributed by atoms with Crippen LogP contribution in [-0.4, -0.2) is 38.2 Å². The molecular weight excluding hydrogens is 296 g/mol. The number of halogens is 1. The summed E-state index contributed by atoms with van der Waals surface area (Å²) in [7, 11) is 2.13. The molecule has 0 aromatic heterocycles. The maximum absolute atomic E-state index is 6.38. The molecule has 0 spiro atoms. The lowest BCUT2D eigenvalue weighted by Gasteiger charge is -2.37. The molecule has 0 bridgehead atoms. The normalized spacial score (nSPS) is 24.7. The van der Waals surface area contributed by atoms with Gasteiger partial charge in [0.25, 0.3) is 0 Å². The number of rotatable bonds is 1. The van der Waals surface area contributed by atoms with Gasteiger partial charge in [0.1, 0.15) is 0 Å². The van der Waals surface area contributed by atoms with Gasteiger partial charge in [-0.25, -0.2) is 0 Å². The summed E-state index contributed by atoms with van der Waals surface area (Å²) in [5.41, 5.74) is 2.99. The molecule has 3 nitrogen and oxygen atoms in total. The molecule has 4 heteroatoms. The summed E-state index contributed by atoms with van der Waals surface area (Å²) in [6.07, 6.45) is 0. The standard InChI is InChI=1S/C18H19ClN2O/c1-20-9-10-21-11-12-22-18(21,14-5-3-2-4-6-14)16-13-15(19)7-8-17(16)20/h2-8,13H,9-12H2,1H3. The van der Waals surface area contributed by atoms with Crippen molar-refractivity contribution in [2.24, 2.45) is 0 Å². The number of ether oxygens (including phenoxy) is 1. The number of anilines is 1. The highest BCUT2D eigenvalue weighted by Crippen LogP contribution is 2.46. The SMILES string of the molecule is CN1CCN2CCOC2(c2ccccc2)c2cc(Cl)ccc21. The van der Waals surface area contributed by atoms with Gasteiger partial charge in [-0.05, 0) is 18.2 Å². The molecule has 22 heavy (non-hydrogen) atoms. The molecule has 0 aliphatic carbocycles. The van der Waals surface area contributed by atoms with Crippen molar-refractivity contribution in [2.45, 2.75) is 5.72 Å². The molecule has 1 saturated heterocycles. The van der Waals surface area contributed by atoms with E-state index in [1.54, 1.807) is 0 Å². The summed E-state index contributed by atoms with van der Waals surface area (Å²) in [5.74, 6) is 0. The van der Waals surface area contributed by atoms with Crippen LogP contribution >= 0.6 is 11.6 Å². The van der Waals surface area contributed by atoms with Gasteiger partial charge in [0.15, 0.2) is 5.72 Å². The first kappa shape index (κ1) is 14.1. The number of nitrogens with zero attached hydrogens (tertiary/aromatic N) is 2. The molecule has 4 rings (SSSR count). The Morgan fingerprint density at radius 2 is 1.86 bits per heavy atom. The second-order valence-corrected chi connectivity index (χ2v) is 6.37. The van der Waals surface area contributed by atoms with Gasteiger partial charge >= 0.3 is 0 Å². The molecule has 1 atom stereocenters. The van der Waals surface area contributed by atoms with Gasteiger partial charge in [-0.15, -0.1) is 0 Å². The van der Waals surface area contributed by atoms with Gasteiger partial charge in [0, 0.05) is 48.5 Å². The Hall–Kier alpha value is -1.55. The van der Waals surface area contributed by atoms with Crippen molar-refractivity contribution in [3.63, 3.8) is 0 Å². The van der Waals surface area contributed by atoms with Crippen LogP contribution in [0, 0.1) is 0 Å². The summed E-state index contributed by atoms with van der Waals surface area (Å²) in [4.78, 5) is 4.72. The molecule has 0 amide bonds. The van der Waals surface area contributed by atoms with Crippen LogP contribution in [-0.2, 0) is 10.5 Å². The fraction of sp³-hybridized carbons (Fsp3) is 0.333. The highest BCUT2D eigenvalue weighted by atomic mass is 35.5. The Morgan fingerprint density at radius 1 is 1.05 bits per heavy atom. The molecule has 0 saturated carbocycles. The van der Waals surface area contributed by atoms with E-state index in [-0.39, 0.29) is 0 Å². The number of hydrogen-bond acceptors (Lipinski definition) is 3. The van der Waals surface area contributed by atoms with Crippen molar-refractivity contribution in [2.75, 3.05) is 38.2 Å². The highest BCUT2D eigenvalue weighted by molar-refractivity contribution is 6.30. The summed E-state index contributed by atoms with van der Waals surface area (Å²) >= 11 is 6.32. The van der Waals surface area contributed by atoms with Gasteiger partial charge in [-0.3, -0.25) is 4.90 Å². The third-order valence-electron chi connectivity index (χ3n) is 4.72. The molecule has 2 aromatic carbocycles. The van der Waals surface area contributed by atoms with Gasteiger partial charge < -0.3 is 9.64 Å². The van der Waals surface area contributed by atoms with E-state index in [1.165, 1.54) is 11.3 Å². The van der Waals surface area contributed by atoms with Crippen LogP contribution in [0.25, 0.3) is 0 Å². The van der Waals surface area contributed by atoms with E-state index in [0.717, 1.165) is 36.8 Å². The maximum atomic E-state index is 6.38. The van der Waals surface area contributed by atoms with E-state index >= 15 is 0 Å². The van der Waals surface area contributed by atoms with Crippen LogP contribution < -0.4 is 4.90 Å². The van der Waals surface area contributed by atoms with Gasteiger partial charge in [0.2, 0.25) is 0 Å². The lowest BCUT2D eigenvalue weighted by atomic mass is 9.92. The van der Waals surface area contributed by atoms with Gasteiger partial charge in [0.05, 0.1) is 6.61 Å². The molecule has 2 aliphatic heterocycles. The van der Waals surface area contributed by atoms with E-state index < -0.39 is 5.72 Å². The van der Waals surface area contributed by atoms with E-state index in [2.05, 4.69) is 53.2 Å². The average molecular weight is 315 g/mol. The molecule has 2 aromatic rings. The Morgan fingerprint density at radius 3 is 2.68 bits per heavy atom. The Labute approximate surface area is 136 Å². The van der Waals surface area contributed by atoms with Crippen molar-refractivity contribution in [1.29, 1.82) is 0 Å². The summed E-state index contributed by atoms with van der Waals surface area (Å²) in [5, 5.41) is 0.750. The number of hydrogen-bond donors (Lipinski definition) is 0. The molecule has 0 N–H and O–H groups in total. The molecule has 2 aliphatic rings. The first-order valence-electron chi connectivity index (χ1n) is 7.67. The average Bonchev–Trinajstić information content (AvgIpc) is 2.93. The number of likely N-dealkylation sites (N-methyl/N-ethyl adjacent to an activating group) is 1. The van der Waals surface area contributed by atoms with Gasteiger partial charge in [-0.2, -0.15) is 0 Å². The minimum absolute atomic E-state index is 0.522. The van der Waals surface area contributed by atoms with Crippen LogP contribution in [0.15, 0.2) is 48.5 Å². The first-order chi connectivity index (χ1) is 10.7. The molecule has 1 fully saturated rings. The van der Waals surface area contributed by atoms with E-state index in [1.807, 2.05) is 12.1 Å². The van der Waals surface area contributed by atoms with Crippen LogP contribution in [0.5, 0.6) is 0 Å². The lowest BCUT2D eigenvalue weighted by molar-refractivity contribution is -0.0484. The monoisotopic (exact) mass is 314 g/mol. The van der Waals surface area contributed by atoms with E-state index in [9.17, 15) is 0 Å². The van der Waals surface area contributed by atoms with Crippen molar-refractivity contribution in [3.8, 4) is 0 Å². The van der Waals surface area contributed by atoms with E-state index in [0.29, 0.717) is 0 Å². The molecular formula is C18H19ClN2O. The zero-order chi connectivity index (χ0) is 15.2. The second-order valence-electron chi connectivity index (χ2n) is 5.93. The zero-order valence-corrected chi connectivity index (χ0v) is 13.4. The fourth-order valence-corrected chi connectivity index (χ4v) is 3.83. The number of benzene rings is 2. The predicted molar refractivity (Wildman–Crippen MR) is 89.5 cm³/mol. The molecule has 0 radical (unpaired) electrons. The predicted octanol–water partition coefficient (Wildman–Crippen LogP) is 3.32. The quantitative estimate of drug-likeness (QED) is 0.803. The summed E-state index contributed by atoms with van der Waals surface area (Å²) < 4.78 is 6.38. The molecule has 2 heterocycles. The van der Waals surface area contributed by atoms with Crippen LogP contribution in [0.2, 0.25) is 5.02 Å². The number of fused-ring (bicyclic) bond motifs is 3. The van der Waals surface area contributed by atoms with Crippen molar-refractivity contribution in [1.82, 2.24) is 4.90 Å². The van der Waals surface area contributed by atoms with Crippen molar-refractivity contribution >= 4 is 17.3 Å². The first-order valence-corrected chi connectivity index (χ1v) is 8.05. The van der Waals surface area contributed by atoms with Crippen LogP contribution in [0.4, 0.5) is 5.69 Å². The highest BCUT2D eigenvalue weighted by Gasteiger charge is 2.48. The Kier molecular flexibility index (Phi) is 3.37. The van der Waals surface area contributed by atoms with E-state index in [4.69, 9.17) is 16.3 Å². The fourth-order valence-electron chi connectivity index (χ4n) is 3.66. The lowest BCUT2D eigenvalue weighted by Crippen LogP contribution is -2.43. The van der Waals surface area contributed by atoms with Crippen molar-refractivity contribution in [3.05, 3.63) is 64.7 Å². The van der Waals surface area contributed by atoms with Gasteiger partial charge in [-0.1, -0.05) is 41.9 Å². The summed E-state index contributed by atoms with van der Waals surface area (Å²) in [6.45, 7) is 3.63. The Bertz CT molecular complexity index is 691. The minimum Gasteiger partial charge on any atom is -0.373 e. The zero-order valence-electron chi connectivity index (χ0n) is 12.6. The molecule has 114 valence electrons. The van der Waals surface area contributed by atoms with Crippen LogP contribution in [0.1, 0.15) is 11.1 Å². The third-order valence-corrected chi connectivity index (χ3v) is 4.96. The largest absolute Gasteiger partial charge is 0.373 e. The Balaban J connectivity index is 2.01. The topological polar surface area (TPSA) is 15.7 Å². The maximum Gasteiger partial charge on any atom is 0.176 e. The van der Waals surface area contributed by atoms with Crippen LogP contribution in [0.3, 0.4) is 0 Å². The summed E-state index contributed by atoms with van der Waals surface area (Å²) in [6, 6.07) is 16.6. The third kappa shape index (κ3) is 1.97. The minimum atomic E-state index is -0.522.